The Morgan fingerprint density at radius 3 is 2.60 bits per heavy atom. The van der Waals surface area contributed by atoms with E-state index in [9.17, 15) is 14.0 Å². The van der Waals surface area contributed by atoms with Gasteiger partial charge in [-0.3, -0.25) is 0 Å². The minimum Gasteiger partial charge on any atom is -0.182 e. The van der Waals surface area contributed by atoms with Crippen LogP contribution < -0.4 is 14.0 Å². The lowest BCUT2D eigenvalue weighted by Crippen LogP contribution is -2.60. The first-order valence-electron chi connectivity index (χ1n) is 4.01. The lowest BCUT2D eigenvalue weighted by Gasteiger charge is -2.15. The summed E-state index contributed by atoms with van der Waals surface area (Å²) < 4.78 is 35.8. The van der Waals surface area contributed by atoms with E-state index >= 15 is 0 Å². The van der Waals surface area contributed by atoms with E-state index in [1.54, 1.807) is 23.6 Å². The molecule has 6 heteroatoms. The van der Waals surface area contributed by atoms with Crippen LogP contribution in [-0.2, 0) is 3.74 Å². The third-order valence-electron chi connectivity index (χ3n) is 1.76. The molecule has 0 saturated heterocycles. The molecule has 1 heterocycles. The molecule has 1 unspecified atom stereocenters. The van der Waals surface area contributed by atoms with E-state index in [0.29, 0.717) is 4.90 Å². The molecule has 0 aromatic heterocycles. The van der Waals surface area contributed by atoms with Crippen LogP contribution in [0.4, 0.5) is 0 Å². The van der Waals surface area contributed by atoms with E-state index in [2.05, 4.69) is 3.74 Å². The predicted molar refractivity (Wildman–Crippen MR) is 48.5 cm³/mol. The number of benzene rings is 1. The van der Waals surface area contributed by atoms with Crippen LogP contribution >= 0.6 is 10.8 Å². The molecule has 0 bridgehead atoms. The molecule has 1 aromatic rings. The van der Waals surface area contributed by atoms with Crippen molar-refractivity contribution in [2.24, 2.45) is 0 Å². The first-order valence-corrected chi connectivity index (χ1v) is 6.45. The van der Waals surface area contributed by atoms with Gasteiger partial charge in [-0.15, -0.1) is 0 Å². The third-order valence-corrected chi connectivity index (χ3v) is 4.13. The van der Waals surface area contributed by atoms with Gasteiger partial charge in [-0.05, 0) is 11.6 Å². The number of allylic oxidation sites excluding steroid dienone is 1. The van der Waals surface area contributed by atoms with Crippen LogP contribution in [-0.4, -0.2) is 5.37 Å². The van der Waals surface area contributed by atoms with E-state index < -0.39 is 21.0 Å². The summed E-state index contributed by atoms with van der Waals surface area (Å²) in [6, 6.07) is 7.17. The molecule has 1 aromatic carbocycles. The van der Waals surface area contributed by atoms with Gasteiger partial charge >= 0.3 is 0 Å². The van der Waals surface area contributed by atoms with Gasteiger partial charge < -0.3 is 0 Å². The molecular weight excluding hydrogens is 240 g/mol. The van der Waals surface area contributed by atoms with Gasteiger partial charge in [0.05, 0.1) is 10.2 Å². The van der Waals surface area contributed by atoms with Crippen molar-refractivity contribution in [3.8, 4) is 0 Å². The highest BCUT2D eigenvalue weighted by atomic mass is 35.7. The molecule has 4 nitrogen and oxygen atoms in total. The summed E-state index contributed by atoms with van der Waals surface area (Å²) in [6.45, 7) is 0. The Morgan fingerprint density at radius 1 is 1.13 bits per heavy atom. The lowest BCUT2D eigenvalue weighted by atomic mass is 10.2. The van der Waals surface area contributed by atoms with Gasteiger partial charge in [-0.1, -0.05) is 30.4 Å². The maximum atomic E-state index is 10.5. The zero-order valence-corrected chi connectivity index (χ0v) is 9.03. The van der Waals surface area contributed by atoms with Crippen LogP contribution in [0.3, 0.4) is 0 Å². The highest BCUT2D eigenvalue weighted by molar-refractivity contribution is 8.11. The van der Waals surface area contributed by atoms with Crippen molar-refractivity contribution in [1.82, 2.24) is 0 Å². The highest BCUT2D eigenvalue weighted by Crippen LogP contribution is 2.35. The Balaban J connectivity index is 2.36. The average molecular weight is 247 g/mol. The standard InChI is InChI=1S/C9H7ClO4S/c11-10(12,13)14-15-7-3-5-8-4-1-2-6-9(8)15/h1-7H. The minimum atomic E-state index is -4.40. The Labute approximate surface area is 91.3 Å². The second-order valence-corrected chi connectivity index (χ2v) is 5.34. The van der Waals surface area contributed by atoms with Crippen LogP contribution in [0.1, 0.15) is 5.56 Å². The van der Waals surface area contributed by atoms with E-state index in [1.165, 1.54) is 0 Å². The number of hydrogen-bond acceptors (Lipinski definition) is 4. The second-order valence-electron chi connectivity index (χ2n) is 2.77. The predicted octanol–water partition coefficient (Wildman–Crippen LogP) is -1.03. The van der Waals surface area contributed by atoms with Crippen LogP contribution in [0.2, 0.25) is 0 Å². The van der Waals surface area contributed by atoms with Gasteiger partial charge in [0.25, 0.3) is 0 Å². The Hall–Kier alpha value is -0.690. The molecule has 0 amide bonds. The fourth-order valence-corrected chi connectivity index (χ4v) is 3.28. The molecule has 80 valence electrons. The molecule has 0 aliphatic carbocycles. The molecule has 1 atom stereocenters. The number of hydrogen-bond donors (Lipinski definition) is 0. The van der Waals surface area contributed by atoms with Crippen LogP contribution in [0, 0.1) is 10.2 Å². The SMILES string of the molecule is [O-][Cl+3]([O-])([O-])OS1=CC=Cc2ccccc21. The van der Waals surface area contributed by atoms with Crippen molar-refractivity contribution in [2.45, 2.75) is 4.90 Å². The molecule has 15 heavy (non-hydrogen) atoms. The molecule has 0 N–H and O–H groups in total. The van der Waals surface area contributed by atoms with Crippen LogP contribution in [0.15, 0.2) is 35.2 Å². The molecular formula is C9H7ClO4S. The van der Waals surface area contributed by atoms with Crippen molar-refractivity contribution in [1.29, 1.82) is 0 Å². The van der Waals surface area contributed by atoms with E-state index in [4.69, 9.17) is 0 Å². The summed E-state index contributed by atoms with van der Waals surface area (Å²) in [7, 11) is -5.51. The summed E-state index contributed by atoms with van der Waals surface area (Å²) in [4.78, 5) is 0.701. The van der Waals surface area contributed by atoms with Gasteiger partial charge in [-0.2, -0.15) is 14.0 Å². The van der Waals surface area contributed by atoms with Gasteiger partial charge in [0.1, 0.15) is 14.5 Å². The minimum absolute atomic E-state index is 0.701. The van der Waals surface area contributed by atoms with Crippen LogP contribution in [0.5, 0.6) is 0 Å². The van der Waals surface area contributed by atoms with Crippen LogP contribution in [0.25, 0.3) is 6.08 Å². The summed E-state index contributed by atoms with van der Waals surface area (Å²) in [5.41, 5.74) is 0.863. The van der Waals surface area contributed by atoms with Crippen molar-refractivity contribution in [3.63, 3.8) is 0 Å². The van der Waals surface area contributed by atoms with E-state index in [1.807, 2.05) is 18.2 Å². The normalized spacial score (nSPS) is 19.5. The zero-order chi connectivity index (χ0) is 10.9. The first-order chi connectivity index (χ1) is 7.06. The van der Waals surface area contributed by atoms with Gasteiger partial charge in [0, 0.05) is 10.3 Å². The lowest BCUT2D eigenvalue weighted by molar-refractivity contribution is -1.91. The number of halogens is 1. The molecule has 0 saturated carbocycles. The Bertz CT molecular complexity index is 436. The maximum Gasteiger partial charge on any atom is 0.141 e. The fourth-order valence-electron chi connectivity index (χ4n) is 1.23. The first kappa shape index (κ1) is 10.8. The van der Waals surface area contributed by atoms with Crippen molar-refractivity contribution in [2.75, 3.05) is 0 Å². The summed E-state index contributed by atoms with van der Waals surface area (Å²) in [5, 5.41) is 1.55. The largest absolute Gasteiger partial charge is 0.182 e. The number of fused-ring (bicyclic) bond motifs is 1. The van der Waals surface area contributed by atoms with E-state index in [0.717, 1.165) is 5.56 Å². The second kappa shape index (κ2) is 4.05. The topological polar surface area (TPSA) is 78.4 Å². The third kappa shape index (κ3) is 2.66. The Kier molecular flexibility index (Phi) is 2.92. The quantitative estimate of drug-likeness (QED) is 0.626. The monoisotopic (exact) mass is 246 g/mol. The molecule has 0 spiro atoms. The van der Waals surface area contributed by atoms with Gasteiger partial charge in [0.15, 0.2) is 0 Å². The number of rotatable bonds is 2. The average Bonchev–Trinajstić information content (AvgIpc) is 2.16. The van der Waals surface area contributed by atoms with Gasteiger partial charge in [0.2, 0.25) is 0 Å². The molecule has 0 fully saturated rings. The molecule has 0 radical (unpaired) electrons. The summed E-state index contributed by atoms with van der Waals surface area (Å²) in [6.07, 6.45) is 3.50. The van der Waals surface area contributed by atoms with Gasteiger partial charge in [-0.25, -0.2) is 0 Å². The maximum absolute atomic E-state index is 10.5. The molecule has 2 rings (SSSR count). The fraction of sp³-hybridized carbons (Fsp3) is 0. The molecule has 1 aliphatic heterocycles. The smallest absolute Gasteiger partial charge is 0.141 e. The van der Waals surface area contributed by atoms with Crippen molar-refractivity contribution in [3.05, 3.63) is 35.9 Å². The Morgan fingerprint density at radius 2 is 1.87 bits per heavy atom. The summed E-state index contributed by atoms with van der Waals surface area (Å²) >= 11 is 0. The van der Waals surface area contributed by atoms with E-state index in [-0.39, 0.29) is 0 Å². The summed E-state index contributed by atoms with van der Waals surface area (Å²) in [5.74, 6) is 0. The van der Waals surface area contributed by atoms with Crippen molar-refractivity contribution < 1.29 is 28.0 Å². The highest BCUT2D eigenvalue weighted by Gasteiger charge is 2.25. The zero-order valence-electron chi connectivity index (χ0n) is 7.46. The van der Waals surface area contributed by atoms with Crippen molar-refractivity contribution >= 4 is 22.2 Å². The molecule has 1 aliphatic rings.